The summed E-state index contributed by atoms with van der Waals surface area (Å²) in [7, 11) is 0. The molecule has 0 rings (SSSR count). The Balaban J connectivity index is 3.55. The minimum Gasteiger partial charge on any atom is -0.390 e. The molecule has 0 aliphatic carbocycles. The van der Waals surface area contributed by atoms with Crippen molar-refractivity contribution >= 4 is 0 Å². The van der Waals surface area contributed by atoms with Gasteiger partial charge < -0.3 is 5.11 Å². The fraction of sp³-hybridized carbons (Fsp3) is 1.00. The van der Waals surface area contributed by atoms with E-state index in [1.807, 2.05) is 0 Å². The summed E-state index contributed by atoms with van der Waals surface area (Å²) in [6.07, 6.45) is 0. The Morgan fingerprint density at radius 1 is 1.75 bits per heavy atom. The van der Waals surface area contributed by atoms with E-state index < -0.39 is 5.60 Å². The van der Waals surface area contributed by atoms with Crippen molar-refractivity contribution in [3.63, 3.8) is 0 Å². The lowest BCUT2D eigenvalue weighted by atomic mass is 10.1. The molecule has 46 valence electrons. The summed E-state index contributed by atoms with van der Waals surface area (Å²) in [5.41, 5.74) is 6.91. The van der Waals surface area contributed by atoms with E-state index in [4.69, 9.17) is 10.6 Å². The monoisotopic (exact) mass is 115 g/mol. The highest BCUT2D eigenvalue weighted by molar-refractivity contribution is 4.67. The molecule has 0 fully saturated rings. The molecule has 0 aromatic rings. The number of rotatable bonds is 2. The largest absolute Gasteiger partial charge is 0.390 e. The highest BCUT2D eigenvalue weighted by atomic mass is 16.3. The number of hydrogen-bond acceptors (Lipinski definition) is 2. The van der Waals surface area contributed by atoms with Gasteiger partial charge in [-0.2, -0.15) is 0 Å². The summed E-state index contributed by atoms with van der Waals surface area (Å²) in [6.45, 7) is 3.30. The topological polar surface area (TPSA) is 69.0 Å². The molecule has 0 heterocycles. The molecule has 0 saturated carbocycles. The first-order valence-electron chi connectivity index (χ1n) is 2.29. The lowest BCUT2D eigenvalue weighted by Gasteiger charge is -2.11. The zero-order valence-electron chi connectivity index (χ0n) is 5.00. The average Bonchev–Trinajstić information content (AvgIpc) is 1.59. The van der Waals surface area contributed by atoms with Crippen LogP contribution in [0.2, 0.25) is 0 Å². The third kappa shape index (κ3) is 5.27. The molecule has 0 bridgehead atoms. The second-order valence-corrected chi connectivity index (χ2v) is 2.20. The van der Waals surface area contributed by atoms with E-state index in [0.717, 1.165) is 0 Å². The predicted octanol–water partition coefficient (Wildman–Crippen LogP) is 1.07. The lowest BCUT2D eigenvalue weighted by Crippen LogP contribution is -2.21. The van der Waals surface area contributed by atoms with Crippen molar-refractivity contribution in [2.24, 2.45) is 5.11 Å². The number of azide groups is 1. The van der Waals surface area contributed by atoms with Gasteiger partial charge in [-0.15, -0.1) is 0 Å². The van der Waals surface area contributed by atoms with Crippen LogP contribution in [0.4, 0.5) is 0 Å². The van der Waals surface area contributed by atoms with Gasteiger partial charge in [0.2, 0.25) is 0 Å². The molecule has 0 saturated heterocycles. The van der Waals surface area contributed by atoms with E-state index in [1.54, 1.807) is 13.8 Å². The smallest absolute Gasteiger partial charge is 0.0648 e. The minimum absolute atomic E-state index is 0.128. The van der Waals surface area contributed by atoms with Crippen LogP contribution in [0.25, 0.3) is 10.4 Å². The summed E-state index contributed by atoms with van der Waals surface area (Å²) < 4.78 is 0. The van der Waals surface area contributed by atoms with Crippen molar-refractivity contribution in [3.05, 3.63) is 10.4 Å². The van der Waals surface area contributed by atoms with Crippen LogP contribution in [0.1, 0.15) is 13.8 Å². The van der Waals surface area contributed by atoms with Crippen LogP contribution in [-0.4, -0.2) is 17.3 Å². The molecule has 0 aliphatic heterocycles. The second kappa shape index (κ2) is 2.55. The summed E-state index contributed by atoms with van der Waals surface area (Å²) in [6, 6.07) is 0. The van der Waals surface area contributed by atoms with Crippen LogP contribution in [0, 0.1) is 0 Å². The summed E-state index contributed by atoms with van der Waals surface area (Å²) in [5, 5.41) is 12.1. The van der Waals surface area contributed by atoms with E-state index in [2.05, 4.69) is 10.0 Å². The summed E-state index contributed by atoms with van der Waals surface area (Å²) >= 11 is 0. The summed E-state index contributed by atoms with van der Waals surface area (Å²) in [4.78, 5) is 2.49. The molecule has 0 spiro atoms. The SMILES string of the molecule is CC(C)(O)CN=[N+]=[N-]. The Kier molecular flexibility index (Phi) is 2.31. The van der Waals surface area contributed by atoms with Crippen LogP contribution in [0.3, 0.4) is 0 Å². The van der Waals surface area contributed by atoms with Crippen molar-refractivity contribution in [2.45, 2.75) is 19.4 Å². The highest BCUT2D eigenvalue weighted by Crippen LogP contribution is 1.99. The molecule has 0 unspecified atom stereocenters. The van der Waals surface area contributed by atoms with Gasteiger partial charge in [-0.25, -0.2) is 0 Å². The highest BCUT2D eigenvalue weighted by Gasteiger charge is 2.08. The standard InChI is InChI=1S/C4H9N3O/c1-4(2,8)3-6-7-5/h8H,3H2,1-2H3. The third-order valence-corrected chi connectivity index (χ3v) is 0.521. The van der Waals surface area contributed by atoms with Gasteiger partial charge in [-0.3, -0.25) is 0 Å². The van der Waals surface area contributed by atoms with Gasteiger partial charge >= 0.3 is 0 Å². The van der Waals surface area contributed by atoms with Crippen LogP contribution < -0.4 is 0 Å². The Labute approximate surface area is 47.8 Å². The van der Waals surface area contributed by atoms with Crippen LogP contribution in [0.15, 0.2) is 5.11 Å². The molecule has 0 aliphatic rings. The molecular weight excluding hydrogens is 106 g/mol. The molecule has 0 radical (unpaired) electrons. The van der Waals surface area contributed by atoms with Gasteiger partial charge in [0.25, 0.3) is 0 Å². The predicted molar refractivity (Wildman–Crippen MR) is 30.3 cm³/mol. The molecule has 0 amide bonds. The van der Waals surface area contributed by atoms with Gasteiger partial charge in [0.05, 0.1) is 12.1 Å². The molecule has 4 nitrogen and oxygen atoms in total. The molecule has 1 N–H and O–H groups in total. The Morgan fingerprint density at radius 2 is 2.25 bits per heavy atom. The zero-order valence-corrected chi connectivity index (χ0v) is 5.00. The number of aliphatic hydroxyl groups is 1. The second-order valence-electron chi connectivity index (χ2n) is 2.20. The van der Waals surface area contributed by atoms with E-state index >= 15 is 0 Å². The molecule has 0 aromatic carbocycles. The maximum absolute atomic E-state index is 8.88. The number of nitrogens with zero attached hydrogens (tertiary/aromatic N) is 3. The van der Waals surface area contributed by atoms with Gasteiger partial charge in [-0.1, -0.05) is 5.11 Å². The Morgan fingerprint density at radius 3 is 2.38 bits per heavy atom. The minimum atomic E-state index is -0.869. The average molecular weight is 115 g/mol. The maximum atomic E-state index is 8.88. The fourth-order valence-corrected chi connectivity index (χ4v) is 0.205. The normalized spacial score (nSPS) is 10.4. The van der Waals surface area contributed by atoms with Crippen molar-refractivity contribution in [2.75, 3.05) is 6.54 Å². The van der Waals surface area contributed by atoms with Crippen LogP contribution in [-0.2, 0) is 0 Å². The first-order chi connectivity index (χ1) is 3.56. The van der Waals surface area contributed by atoms with E-state index in [9.17, 15) is 0 Å². The van der Waals surface area contributed by atoms with E-state index in [-0.39, 0.29) is 6.54 Å². The molecular formula is C4H9N3O. The number of hydrogen-bond donors (Lipinski definition) is 1. The molecule has 8 heavy (non-hydrogen) atoms. The van der Waals surface area contributed by atoms with Crippen LogP contribution >= 0.6 is 0 Å². The zero-order chi connectivity index (χ0) is 6.62. The fourth-order valence-electron chi connectivity index (χ4n) is 0.205. The van der Waals surface area contributed by atoms with Gasteiger partial charge in [0, 0.05) is 4.91 Å². The maximum Gasteiger partial charge on any atom is 0.0648 e. The molecule has 4 heteroatoms. The molecule has 0 aromatic heterocycles. The van der Waals surface area contributed by atoms with Crippen molar-refractivity contribution in [1.29, 1.82) is 0 Å². The van der Waals surface area contributed by atoms with Gasteiger partial charge in [0.1, 0.15) is 0 Å². The van der Waals surface area contributed by atoms with Gasteiger partial charge in [0.15, 0.2) is 0 Å². The summed E-state index contributed by atoms with van der Waals surface area (Å²) in [5.74, 6) is 0. The Bertz CT molecular complexity index is 109. The van der Waals surface area contributed by atoms with Crippen molar-refractivity contribution in [3.8, 4) is 0 Å². The first-order valence-corrected chi connectivity index (χ1v) is 2.29. The molecule has 0 atom stereocenters. The lowest BCUT2D eigenvalue weighted by molar-refractivity contribution is 0.0900. The van der Waals surface area contributed by atoms with E-state index in [0.29, 0.717) is 0 Å². The Hall–Kier alpha value is -0.730. The third-order valence-electron chi connectivity index (χ3n) is 0.521. The van der Waals surface area contributed by atoms with Gasteiger partial charge in [-0.05, 0) is 19.4 Å². The van der Waals surface area contributed by atoms with Crippen molar-refractivity contribution in [1.82, 2.24) is 0 Å². The first kappa shape index (κ1) is 7.27. The van der Waals surface area contributed by atoms with E-state index in [1.165, 1.54) is 0 Å². The van der Waals surface area contributed by atoms with Crippen LogP contribution in [0.5, 0.6) is 0 Å². The quantitative estimate of drug-likeness (QED) is 0.326. The van der Waals surface area contributed by atoms with Crippen molar-refractivity contribution < 1.29 is 5.11 Å².